The average Bonchev–Trinajstić information content (AvgIpc) is 2.96. The molecule has 0 spiro atoms. The summed E-state index contributed by atoms with van der Waals surface area (Å²) in [6, 6.07) is 26.5. The maximum absolute atomic E-state index is 13.1. The number of aromatic nitrogens is 1. The van der Waals surface area contributed by atoms with E-state index in [0.717, 1.165) is 10.0 Å². The number of pyridine rings is 1. The third kappa shape index (κ3) is 5.85. The molecule has 1 heterocycles. The van der Waals surface area contributed by atoms with Gasteiger partial charge in [-0.2, -0.15) is 0 Å². The van der Waals surface area contributed by atoms with E-state index < -0.39 is 23.3 Å². The molecule has 8 nitrogen and oxygen atoms in total. The van der Waals surface area contributed by atoms with Crippen molar-refractivity contribution in [2.75, 3.05) is 6.61 Å². The fourth-order valence-electron chi connectivity index (χ4n) is 3.97. The molecule has 1 aromatic heterocycles. The molecule has 0 aliphatic carbocycles. The summed E-state index contributed by atoms with van der Waals surface area (Å²) in [5.41, 5.74) is 2.31. The van der Waals surface area contributed by atoms with Gasteiger partial charge in [0.1, 0.15) is 5.75 Å². The molecule has 0 fully saturated rings. The minimum atomic E-state index is -0.656. The molecule has 0 amide bonds. The Bertz CT molecular complexity index is 1760. The third-order valence-electron chi connectivity index (χ3n) is 5.95. The molecule has 0 saturated heterocycles. The average molecular weight is 618 g/mol. The van der Waals surface area contributed by atoms with Crippen LogP contribution in [0.1, 0.15) is 20.7 Å². The van der Waals surface area contributed by atoms with Crippen molar-refractivity contribution in [2.24, 2.45) is 0 Å². The number of nitro groups is 1. The summed E-state index contributed by atoms with van der Waals surface area (Å²) in [6.07, 6.45) is 0. The molecule has 0 saturated carbocycles. The molecule has 5 aromatic rings. The number of Topliss-reactive ketones (excluding diaryl/α,β-unsaturated/α-hetero) is 1. The van der Waals surface area contributed by atoms with E-state index >= 15 is 0 Å². The van der Waals surface area contributed by atoms with Gasteiger partial charge in [0, 0.05) is 27.1 Å². The topological polar surface area (TPSA) is 109 Å². The zero-order valence-electron chi connectivity index (χ0n) is 20.5. The summed E-state index contributed by atoms with van der Waals surface area (Å²) in [6.45, 7) is -0.487. The second-order valence-electron chi connectivity index (χ2n) is 8.55. The maximum atomic E-state index is 13.1. The van der Waals surface area contributed by atoms with E-state index in [1.54, 1.807) is 24.3 Å². The third-order valence-corrected chi connectivity index (χ3v) is 6.78. The first-order chi connectivity index (χ1) is 19.3. The first-order valence-corrected chi connectivity index (χ1v) is 13.0. The van der Waals surface area contributed by atoms with Crippen LogP contribution in [0.4, 0.5) is 5.69 Å². The Balaban J connectivity index is 1.31. The minimum absolute atomic E-state index is 0.0770. The molecule has 10 heteroatoms. The fraction of sp³-hybridized carbons (Fsp3) is 0.0333. The van der Waals surface area contributed by atoms with Gasteiger partial charge in [-0.05, 0) is 54.6 Å². The second-order valence-corrected chi connectivity index (χ2v) is 9.87. The lowest BCUT2D eigenvalue weighted by Gasteiger charge is -2.11. The molecule has 0 atom stereocenters. The number of carbonyl (C=O) groups excluding carboxylic acids is 2. The summed E-state index contributed by atoms with van der Waals surface area (Å²) < 4.78 is 11.9. The first-order valence-electron chi connectivity index (χ1n) is 11.9. The quantitative estimate of drug-likeness (QED) is 0.0750. The van der Waals surface area contributed by atoms with Crippen LogP contribution in [0.2, 0.25) is 5.02 Å². The van der Waals surface area contributed by atoms with Crippen LogP contribution in [0, 0.1) is 10.1 Å². The highest BCUT2D eigenvalue weighted by atomic mass is 79.9. The molecule has 0 radical (unpaired) electrons. The number of para-hydroxylation sites is 2. The van der Waals surface area contributed by atoms with Gasteiger partial charge < -0.3 is 9.47 Å². The lowest BCUT2D eigenvalue weighted by molar-refractivity contribution is -0.385. The van der Waals surface area contributed by atoms with Crippen LogP contribution < -0.4 is 4.74 Å². The minimum Gasteiger partial charge on any atom is -0.454 e. The Morgan fingerprint density at radius 2 is 1.65 bits per heavy atom. The van der Waals surface area contributed by atoms with E-state index in [4.69, 9.17) is 21.1 Å². The molecule has 198 valence electrons. The van der Waals surface area contributed by atoms with Crippen molar-refractivity contribution in [1.29, 1.82) is 0 Å². The van der Waals surface area contributed by atoms with Gasteiger partial charge in [-0.25, -0.2) is 9.78 Å². The zero-order valence-corrected chi connectivity index (χ0v) is 22.9. The van der Waals surface area contributed by atoms with E-state index in [-0.39, 0.29) is 27.8 Å². The number of benzene rings is 4. The Morgan fingerprint density at radius 3 is 2.38 bits per heavy atom. The number of rotatable bonds is 8. The van der Waals surface area contributed by atoms with Gasteiger partial charge in [-0.15, -0.1) is 0 Å². The van der Waals surface area contributed by atoms with Gasteiger partial charge in [-0.3, -0.25) is 14.9 Å². The van der Waals surface area contributed by atoms with E-state index in [2.05, 4.69) is 20.9 Å². The highest BCUT2D eigenvalue weighted by Gasteiger charge is 2.20. The SMILES string of the molecule is O=C(COC(=O)c1cc(-c2ccc(Br)cc2)nc2ccccc12)c1ccc(Oc2c(Cl)cccc2[N+](=O)[O-])cc1. The smallest absolute Gasteiger partial charge is 0.339 e. The number of halogens is 2. The Hall–Kier alpha value is -4.60. The van der Waals surface area contributed by atoms with Gasteiger partial charge in [-0.1, -0.05) is 63.9 Å². The number of hydrogen-bond acceptors (Lipinski definition) is 7. The zero-order chi connectivity index (χ0) is 28.2. The molecule has 4 aromatic carbocycles. The number of ketones is 1. The van der Waals surface area contributed by atoms with Crippen molar-refractivity contribution in [3.8, 4) is 22.8 Å². The van der Waals surface area contributed by atoms with Gasteiger partial charge >= 0.3 is 11.7 Å². The van der Waals surface area contributed by atoms with Crippen molar-refractivity contribution in [3.63, 3.8) is 0 Å². The van der Waals surface area contributed by atoms with Crippen molar-refractivity contribution in [3.05, 3.63) is 128 Å². The summed E-state index contributed by atoms with van der Waals surface area (Å²) in [7, 11) is 0. The monoisotopic (exact) mass is 616 g/mol. The number of carbonyl (C=O) groups is 2. The number of fused-ring (bicyclic) bond motifs is 1. The molecule has 0 N–H and O–H groups in total. The highest BCUT2D eigenvalue weighted by Crippen LogP contribution is 2.37. The first kappa shape index (κ1) is 27.0. The van der Waals surface area contributed by atoms with E-state index in [1.165, 1.54) is 42.5 Å². The molecular weight excluding hydrogens is 600 g/mol. The Morgan fingerprint density at radius 1 is 0.925 bits per heavy atom. The number of nitro benzene ring substituents is 1. The number of ether oxygens (including phenoxy) is 2. The normalized spacial score (nSPS) is 10.8. The van der Waals surface area contributed by atoms with E-state index in [9.17, 15) is 19.7 Å². The van der Waals surface area contributed by atoms with Crippen molar-refractivity contribution >= 4 is 55.9 Å². The Labute approximate surface area is 241 Å². The molecular formula is C30H18BrClN2O6. The summed E-state index contributed by atoms with van der Waals surface area (Å²) in [5, 5.41) is 12.0. The summed E-state index contributed by atoms with van der Waals surface area (Å²) >= 11 is 9.49. The lowest BCUT2D eigenvalue weighted by Crippen LogP contribution is -2.15. The molecule has 0 aliphatic heterocycles. The Kier molecular flexibility index (Phi) is 7.86. The van der Waals surface area contributed by atoms with Crippen LogP contribution >= 0.6 is 27.5 Å². The van der Waals surface area contributed by atoms with Crippen LogP contribution in [0.15, 0.2) is 102 Å². The predicted molar refractivity (Wildman–Crippen MR) is 154 cm³/mol. The van der Waals surface area contributed by atoms with Crippen LogP contribution in [0.5, 0.6) is 11.5 Å². The van der Waals surface area contributed by atoms with Crippen molar-refractivity contribution < 1.29 is 24.0 Å². The van der Waals surface area contributed by atoms with Crippen molar-refractivity contribution in [1.82, 2.24) is 4.98 Å². The van der Waals surface area contributed by atoms with E-state index in [0.29, 0.717) is 22.2 Å². The van der Waals surface area contributed by atoms with Gasteiger partial charge in [0.2, 0.25) is 5.75 Å². The summed E-state index contributed by atoms with van der Waals surface area (Å²) in [5.74, 6) is -0.950. The fourth-order valence-corrected chi connectivity index (χ4v) is 4.45. The summed E-state index contributed by atoms with van der Waals surface area (Å²) in [4.78, 5) is 41.3. The second kappa shape index (κ2) is 11.6. The maximum Gasteiger partial charge on any atom is 0.339 e. The molecule has 0 unspecified atom stereocenters. The predicted octanol–water partition coefficient (Wildman–Crippen LogP) is 8.06. The highest BCUT2D eigenvalue weighted by molar-refractivity contribution is 9.10. The van der Waals surface area contributed by atoms with Crippen LogP contribution in [-0.4, -0.2) is 28.3 Å². The molecule has 40 heavy (non-hydrogen) atoms. The molecule has 0 aliphatic rings. The molecule has 0 bridgehead atoms. The largest absolute Gasteiger partial charge is 0.454 e. The van der Waals surface area contributed by atoms with Gasteiger partial charge in [0.25, 0.3) is 0 Å². The van der Waals surface area contributed by atoms with Crippen LogP contribution in [-0.2, 0) is 4.74 Å². The number of hydrogen-bond donors (Lipinski definition) is 0. The van der Waals surface area contributed by atoms with E-state index in [1.807, 2.05) is 30.3 Å². The molecule has 5 rings (SSSR count). The lowest BCUT2D eigenvalue weighted by atomic mass is 10.0. The van der Waals surface area contributed by atoms with Gasteiger partial charge in [0.15, 0.2) is 12.4 Å². The standard InChI is InChI=1S/C30H18BrClN2O6/c31-20-12-8-18(9-13-20)26-16-23(22-4-1-2-6-25(22)33-26)30(36)39-17-28(35)19-10-14-21(15-11-19)40-29-24(32)5-3-7-27(29)34(37)38/h1-16H,17H2. The van der Waals surface area contributed by atoms with Crippen LogP contribution in [0.3, 0.4) is 0 Å². The number of nitrogens with zero attached hydrogens (tertiary/aromatic N) is 2. The van der Waals surface area contributed by atoms with Crippen molar-refractivity contribution in [2.45, 2.75) is 0 Å². The number of esters is 1. The van der Waals surface area contributed by atoms with Crippen LogP contribution in [0.25, 0.3) is 22.2 Å². The van der Waals surface area contributed by atoms with Gasteiger partial charge in [0.05, 0.1) is 26.7 Å².